The molecule has 0 spiro atoms. The lowest BCUT2D eigenvalue weighted by molar-refractivity contribution is -0.127. The van der Waals surface area contributed by atoms with Gasteiger partial charge in [-0.25, -0.2) is 0 Å². The maximum Gasteiger partial charge on any atom is 0.244 e. The number of likely N-dealkylation sites (tertiary alicyclic amines) is 1. The van der Waals surface area contributed by atoms with Gasteiger partial charge in [-0.2, -0.15) is 0 Å². The van der Waals surface area contributed by atoms with E-state index in [2.05, 4.69) is 0 Å². The maximum absolute atomic E-state index is 11.8. The summed E-state index contributed by atoms with van der Waals surface area (Å²) < 4.78 is 0. The highest BCUT2D eigenvalue weighted by molar-refractivity contribution is 5.95. The lowest BCUT2D eigenvalue weighted by Crippen LogP contribution is -2.39. The molecule has 6 nitrogen and oxygen atoms in total. The third-order valence-corrected chi connectivity index (χ3v) is 4.25. The van der Waals surface area contributed by atoms with E-state index < -0.39 is 17.2 Å². The minimum absolute atomic E-state index is 0.167. The van der Waals surface area contributed by atoms with E-state index in [1.165, 1.54) is 0 Å². The van der Waals surface area contributed by atoms with Crippen LogP contribution in [0.1, 0.15) is 32.1 Å². The van der Waals surface area contributed by atoms with Crippen LogP contribution in [0.5, 0.6) is 0 Å². The molecule has 0 aromatic heterocycles. The molecule has 0 bridgehead atoms. The van der Waals surface area contributed by atoms with Crippen molar-refractivity contribution >= 4 is 17.7 Å². The Labute approximate surface area is 123 Å². The summed E-state index contributed by atoms with van der Waals surface area (Å²) >= 11 is 0. The Kier molecular flexibility index (Phi) is 4.45. The van der Waals surface area contributed by atoms with Crippen LogP contribution in [0.2, 0.25) is 0 Å². The molecule has 1 unspecified atom stereocenters. The van der Waals surface area contributed by atoms with E-state index in [0.717, 1.165) is 13.0 Å². The van der Waals surface area contributed by atoms with Crippen molar-refractivity contribution in [2.24, 2.45) is 16.9 Å². The Morgan fingerprint density at radius 3 is 2.67 bits per heavy atom. The van der Waals surface area contributed by atoms with Crippen molar-refractivity contribution < 1.29 is 14.4 Å². The first-order valence-corrected chi connectivity index (χ1v) is 7.20. The molecule has 1 heterocycles. The highest BCUT2D eigenvalue weighted by Crippen LogP contribution is 2.36. The van der Waals surface area contributed by atoms with Gasteiger partial charge in [-0.05, 0) is 25.7 Å². The number of primary amides is 2. The van der Waals surface area contributed by atoms with E-state index in [9.17, 15) is 14.4 Å². The molecule has 4 N–H and O–H groups in total. The van der Waals surface area contributed by atoms with Crippen molar-refractivity contribution in [3.05, 3.63) is 23.8 Å². The van der Waals surface area contributed by atoms with Gasteiger partial charge in [-0.15, -0.1) is 0 Å². The van der Waals surface area contributed by atoms with Gasteiger partial charge in [0.25, 0.3) is 0 Å². The zero-order chi connectivity index (χ0) is 15.5. The molecule has 0 radical (unpaired) electrons. The number of carbonyl (C=O) groups is 3. The van der Waals surface area contributed by atoms with Crippen molar-refractivity contribution in [3.8, 4) is 0 Å². The molecule has 1 aliphatic heterocycles. The third-order valence-electron chi connectivity index (χ3n) is 4.25. The second-order valence-electron chi connectivity index (χ2n) is 5.70. The van der Waals surface area contributed by atoms with Crippen LogP contribution >= 0.6 is 0 Å². The molecule has 1 atom stereocenters. The van der Waals surface area contributed by atoms with Crippen LogP contribution in [0.3, 0.4) is 0 Å². The summed E-state index contributed by atoms with van der Waals surface area (Å²) in [5, 5.41) is 0. The molecule has 21 heavy (non-hydrogen) atoms. The summed E-state index contributed by atoms with van der Waals surface area (Å²) in [6, 6.07) is 0. The largest absolute Gasteiger partial charge is 0.369 e. The van der Waals surface area contributed by atoms with Crippen molar-refractivity contribution in [2.45, 2.75) is 32.1 Å². The normalized spacial score (nSPS) is 25.0. The first-order valence-electron chi connectivity index (χ1n) is 7.20. The van der Waals surface area contributed by atoms with E-state index in [4.69, 9.17) is 11.5 Å². The molecule has 114 valence electrons. The van der Waals surface area contributed by atoms with E-state index in [1.807, 2.05) is 4.90 Å². The number of hydrogen-bond donors (Lipinski definition) is 2. The molecule has 2 aliphatic rings. The lowest BCUT2D eigenvalue weighted by Gasteiger charge is -2.30. The van der Waals surface area contributed by atoms with Gasteiger partial charge >= 0.3 is 0 Å². The highest BCUT2D eigenvalue weighted by Gasteiger charge is 2.37. The number of nitrogens with two attached hydrogens (primary N) is 2. The Hall–Kier alpha value is -2.11. The second kappa shape index (κ2) is 6.11. The van der Waals surface area contributed by atoms with Crippen LogP contribution in [0.15, 0.2) is 23.8 Å². The molecule has 1 fully saturated rings. The minimum Gasteiger partial charge on any atom is -0.369 e. The first-order chi connectivity index (χ1) is 9.94. The molecule has 0 saturated carbocycles. The second-order valence-corrected chi connectivity index (χ2v) is 5.70. The van der Waals surface area contributed by atoms with Crippen molar-refractivity contribution in [1.29, 1.82) is 0 Å². The quantitative estimate of drug-likeness (QED) is 0.731. The third kappa shape index (κ3) is 3.32. The summed E-state index contributed by atoms with van der Waals surface area (Å²) in [4.78, 5) is 36.5. The van der Waals surface area contributed by atoms with Gasteiger partial charge in [0.05, 0.1) is 5.41 Å². The van der Waals surface area contributed by atoms with E-state index >= 15 is 0 Å². The standard InChI is InChI=1S/C15H21N3O3/c16-13(20)11-4-1-6-15(10-11,14(17)21)7-3-9-18-8-2-5-12(18)19/h1,4,6H,2-3,5,7-10H2,(H2,16,20)(H2,17,21). The van der Waals surface area contributed by atoms with Crippen LogP contribution in [-0.4, -0.2) is 35.7 Å². The summed E-state index contributed by atoms with van der Waals surface area (Å²) in [5.74, 6) is -0.821. The zero-order valence-electron chi connectivity index (χ0n) is 12.0. The monoisotopic (exact) mass is 291 g/mol. The maximum atomic E-state index is 11.8. The Bertz CT molecular complexity index is 524. The smallest absolute Gasteiger partial charge is 0.244 e. The molecule has 3 amide bonds. The van der Waals surface area contributed by atoms with Gasteiger partial charge in [-0.3, -0.25) is 14.4 Å². The zero-order valence-corrected chi connectivity index (χ0v) is 12.0. The van der Waals surface area contributed by atoms with Crippen LogP contribution in [-0.2, 0) is 14.4 Å². The molecule has 2 rings (SSSR count). The Morgan fingerprint density at radius 1 is 1.33 bits per heavy atom. The van der Waals surface area contributed by atoms with Gasteiger partial charge in [0.1, 0.15) is 0 Å². The summed E-state index contributed by atoms with van der Waals surface area (Å²) in [7, 11) is 0. The molecule has 1 aliphatic carbocycles. The molecular formula is C15H21N3O3. The number of amides is 3. The summed E-state index contributed by atoms with van der Waals surface area (Å²) in [5.41, 5.74) is 10.4. The minimum atomic E-state index is -0.873. The summed E-state index contributed by atoms with van der Waals surface area (Å²) in [6.45, 7) is 1.40. The SMILES string of the molecule is NC(=O)C1=CC=CC(CCCN2CCCC2=O)(C(N)=O)C1. The van der Waals surface area contributed by atoms with Gasteiger partial charge in [0.2, 0.25) is 17.7 Å². The summed E-state index contributed by atoms with van der Waals surface area (Å²) in [6.07, 6.45) is 7.94. The number of allylic oxidation sites excluding steroid dienone is 2. The van der Waals surface area contributed by atoms with E-state index in [0.29, 0.717) is 31.4 Å². The molecule has 0 aromatic carbocycles. The molecule has 6 heteroatoms. The Morgan fingerprint density at radius 2 is 2.10 bits per heavy atom. The number of rotatable bonds is 6. The van der Waals surface area contributed by atoms with Crippen LogP contribution in [0, 0.1) is 5.41 Å². The van der Waals surface area contributed by atoms with Crippen LogP contribution in [0.25, 0.3) is 0 Å². The van der Waals surface area contributed by atoms with E-state index in [1.54, 1.807) is 18.2 Å². The average molecular weight is 291 g/mol. The fourth-order valence-corrected chi connectivity index (χ4v) is 2.97. The Balaban J connectivity index is 1.98. The fraction of sp³-hybridized carbons (Fsp3) is 0.533. The van der Waals surface area contributed by atoms with Crippen LogP contribution in [0.4, 0.5) is 0 Å². The van der Waals surface area contributed by atoms with Crippen molar-refractivity contribution in [2.75, 3.05) is 13.1 Å². The molecule has 1 saturated heterocycles. The van der Waals surface area contributed by atoms with Crippen LogP contribution < -0.4 is 11.5 Å². The lowest BCUT2D eigenvalue weighted by atomic mass is 9.74. The predicted octanol–water partition coefficient (Wildman–Crippen LogP) is 0.232. The van der Waals surface area contributed by atoms with Crippen molar-refractivity contribution in [1.82, 2.24) is 4.90 Å². The average Bonchev–Trinajstić information content (AvgIpc) is 2.84. The highest BCUT2D eigenvalue weighted by atomic mass is 16.2. The molecular weight excluding hydrogens is 270 g/mol. The number of nitrogens with zero attached hydrogens (tertiary/aromatic N) is 1. The molecule has 0 aromatic rings. The number of carbonyl (C=O) groups excluding carboxylic acids is 3. The first kappa shape index (κ1) is 15.3. The topological polar surface area (TPSA) is 106 Å². The number of hydrogen-bond acceptors (Lipinski definition) is 3. The van der Waals surface area contributed by atoms with Gasteiger partial charge in [0.15, 0.2) is 0 Å². The predicted molar refractivity (Wildman–Crippen MR) is 77.7 cm³/mol. The van der Waals surface area contributed by atoms with Gasteiger partial charge < -0.3 is 16.4 Å². The van der Waals surface area contributed by atoms with E-state index in [-0.39, 0.29) is 12.3 Å². The van der Waals surface area contributed by atoms with Crippen molar-refractivity contribution in [3.63, 3.8) is 0 Å². The van der Waals surface area contributed by atoms with Gasteiger partial charge in [0, 0.05) is 25.1 Å². The fourth-order valence-electron chi connectivity index (χ4n) is 2.97. The van der Waals surface area contributed by atoms with Gasteiger partial charge in [-0.1, -0.05) is 18.2 Å².